The Balaban J connectivity index is 1.80. The molecule has 1 aromatic heterocycles. The molecule has 0 saturated carbocycles. The molecule has 6 heteroatoms. The lowest BCUT2D eigenvalue weighted by Crippen LogP contribution is -2.26. The van der Waals surface area contributed by atoms with Crippen molar-refractivity contribution in [2.45, 2.75) is 19.9 Å². The van der Waals surface area contributed by atoms with Gasteiger partial charge in [0.05, 0.1) is 30.1 Å². The van der Waals surface area contributed by atoms with E-state index in [2.05, 4.69) is 15.5 Å². The van der Waals surface area contributed by atoms with Crippen LogP contribution in [0.3, 0.4) is 0 Å². The van der Waals surface area contributed by atoms with Crippen molar-refractivity contribution < 1.29 is 13.9 Å². The molecule has 3 aromatic rings. The zero-order chi connectivity index (χ0) is 18.5. The highest BCUT2D eigenvalue weighted by molar-refractivity contribution is 6.00. The highest BCUT2D eigenvalue weighted by Crippen LogP contribution is 2.25. The fourth-order valence-electron chi connectivity index (χ4n) is 2.73. The molecule has 5 nitrogen and oxygen atoms in total. The molecule has 0 spiro atoms. The molecule has 0 aliphatic carbocycles. The van der Waals surface area contributed by atoms with E-state index in [1.165, 1.54) is 12.3 Å². The van der Waals surface area contributed by atoms with Gasteiger partial charge in [0.25, 0.3) is 5.91 Å². The average Bonchev–Trinajstić information content (AvgIpc) is 3.12. The van der Waals surface area contributed by atoms with Gasteiger partial charge in [-0.05, 0) is 43.7 Å². The van der Waals surface area contributed by atoms with E-state index >= 15 is 0 Å². The molecule has 0 fully saturated rings. The van der Waals surface area contributed by atoms with E-state index in [-0.39, 0.29) is 11.9 Å². The van der Waals surface area contributed by atoms with Gasteiger partial charge in [-0.15, -0.1) is 0 Å². The number of carbonyl (C=O) groups excluding carboxylic acids is 1. The van der Waals surface area contributed by atoms with E-state index in [1.54, 1.807) is 18.2 Å². The Bertz CT molecular complexity index is 907. The maximum Gasteiger partial charge on any atom is 0.255 e. The number of H-pyrrole nitrogens is 1. The first-order chi connectivity index (χ1) is 12.6. The number of ether oxygens (including phenoxy) is 1. The van der Waals surface area contributed by atoms with Gasteiger partial charge in [-0.1, -0.05) is 24.3 Å². The van der Waals surface area contributed by atoms with Gasteiger partial charge < -0.3 is 10.1 Å². The summed E-state index contributed by atoms with van der Waals surface area (Å²) >= 11 is 0. The second-order valence-corrected chi connectivity index (χ2v) is 5.84. The number of rotatable bonds is 6. The number of amides is 1. The van der Waals surface area contributed by atoms with Gasteiger partial charge in [-0.3, -0.25) is 9.89 Å². The van der Waals surface area contributed by atoms with Crippen LogP contribution in [0.4, 0.5) is 4.39 Å². The van der Waals surface area contributed by atoms with Crippen molar-refractivity contribution in [2.75, 3.05) is 6.61 Å². The number of halogens is 1. The second-order valence-electron chi connectivity index (χ2n) is 5.84. The van der Waals surface area contributed by atoms with Crippen molar-refractivity contribution in [1.29, 1.82) is 0 Å². The van der Waals surface area contributed by atoms with Crippen molar-refractivity contribution >= 4 is 5.91 Å². The summed E-state index contributed by atoms with van der Waals surface area (Å²) in [6.07, 6.45) is 1.40. The van der Waals surface area contributed by atoms with E-state index < -0.39 is 5.82 Å². The summed E-state index contributed by atoms with van der Waals surface area (Å²) < 4.78 is 19.5. The Kier molecular flexibility index (Phi) is 5.31. The van der Waals surface area contributed by atoms with Crippen LogP contribution in [0.2, 0.25) is 0 Å². The minimum atomic E-state index is -0.414. The van der Waals surface area contributed by atoms with Crippen LogP contribution in [-0.2, 0) is 0 Å². The number of aromatic nitrogens is 2. The Hall–Kier alpha value is -3.15. The Labute approximate surface area is 151 Å². The SMILES string of the molecule is CCOc1cccc(C(C)NC(=O)c2cn[nH]c2-c2ccccc2F)c1. The molecule has 0 bridgehead atoms. The predicted octanol–water partition coefficient (Wildman–Crippen LogP) is 4.11. The monoisotopic (exact) mass is 353 g/mol. The Morgan fingerprint density at radius 3 is 2.85 bits per heavy atom. The number of nitrogens with zero attached hydrogens (tertiary/aromatic N) is 1. The van der Waals surface area contributed by atoms with Gasteiger partial charge in [0, 0.05) is 5.56 Å². The fraction of sp³-hybridized carbons (Fsp3) is 0.200. The highest BCUT2D eigenvalue weighted by Gasteiger charge is 2.19. The van der Waals surface area contributed by atoms with Gasteiger partial charge in [0.2, 0.25) is 0 Å². The number of carbonyl (C=O) groups is 1. The van der Waals surface area contributed by atoms with Crippen molar-refractivity contribution in [2.24, 2.45) is 0 Å². The summed E-state index contributed by atoms with van der Waals surface area (Å²) in [6, 6.07) is 13.6. The molecule has 0 radical (unpaired) electrons. The van der Waals surface area contributed by atoms with Crippen LogP contribution in [-0.4, -0.2) is 22.7 Å². The number of aromatic amines is 1. The molecular formula is C20H20FN3O2. The number of hydrogen-bond acceptors (Lipinski definition) is 3. The molecule has 2 N–H and O–H groups in total. The number of benzene rings is 2. The summed E-state index contributed by atoms with van der Waals surface area (Å²) in [6.45, 7) is 4.37. The van der Waals surface area contributed by atoms with E-state index in [1.807, 2.05) is 38.1 Å². The third kappa shape index (κ3) is 3.74. The Morgan fingerprint density at radius 2 is 2.08 bits per heavy atom. The van der Waals surface area contributed by atoms with Crippen LogP contribution in [0.15, 0.2) is 54.7 Å². The zero-order valence-corrected chi connectivity index (χ0v) is 14.6. The fourth-order valence-corrected chi connectivity index (χ4v) is 2.73. The van der Waals surface area contributed by atoms with Crippen molar-refractivity contribution in [3.05, 3.63) is 71.7 Å². The van der Waals surface area contributed by atoms with Crippen LogP contribution in [0.25, 0.3) is 11.3 Å². The molecule has 1 heterocycles. The topological polar surface area (TPSA) is 67.0 Å². The van der Waals surface area contributed by atoms with Gasteiger partial charge in [0.15, 0.2) is 0 Å². The molecule has 0 aliphatic rings. The Morgan fingerprint density at radius 1 is 1.27 bits per heavy atom. The minimum Gasteiger partial charge on any atom is -0.494 e. The van der Waals surface area contributed by atoms with E-state index in [9.17, 15) is 9.18 Å². The van der Waals surface area contributed by atoms with Crippen molar-refractivity contribution in [3.8, 4) is 17.0 Å². The third-order valence-corrected chi connectivity index (χ3v) is 4.04. The van der Waals surface area contributed by atoms with Gasteiger partial charge in [-0.25, -0.2) is 4.39 Å². The molecule has 3 rings (SSSR count). The normalized spacial score (nSPS) is 11.8. The van der Waals surface area contributed by atoms with Crippen LogP contribution < -0.4 is 10.1 Å². The average molecular weight is 353 g/mol. The summed E-state index contributed by atoms with van der Waals surface area (Å²) in [5.41, 5.74) is 1.88. The first-order valence-corrected chi connectivity index (χ1v) is 8.42. The first-order valence-electron chi connectivity index (χ1n) is 8.42. The van der Waals surface area contributed by atoms with E-state index in [0.717, 1.165) is 11.3 Å². The standard InChI is InChI=1S/C20H20FN3O2/c1-3-26-15-8-6-7-14(11-15)13(2)23-20(25)17-12-22-24-19(17)16-9-4-5-10-18(16)21/h4-13H,3H2,1-2H3,(H,22,24)(H,23,25). The van der Waals surface area contributed by atoms with Gasteiger partial charge in [-0.2, -0.15) is 5.10 Å². The second kappa shape index (κ2) is 7.82. The summed E-state index contributed by atoms with van der Waals surface area (Å²) in [5.74, 6) is 0.0102. The van der Waals surface area contributed by atoms with Gasteiger partial charge >= 0.3 is 0 Å². The molecular weight excluding hydrogens is 333 g/mol. The van der Waals surface area contributed by atoms with Crippen LogP contribution in [0.5, 0.6) is 5.75 Å². The van der Waals surface area contributed by atoms with Crippen LogP contribution in [0.1, 0.15) is 35.8 Å². The molecule has 1 unspecified atom stereocenters. The molecule has 2 aromatic carbocycles. The maximum absolute atomic E-state index is 14.0. The lowest BCUT2D eigenvalue weighted by Gasteiger charge is -2.15. The van der Waals surface area contributed by atoms with E-state index in [4.69, 9.17) is 4.74 Å². The smallest absolute Gasteiger partial charge is 0.255 e. The van der Waals surface area contributed by atoms with Crippen LogP contribution >= 0.6 is 0 Å². The first kappa shape index (κ1) is 17.7. The largest absolute Gasteiger partial charge is 0.494 e. The van der Waals surface area contributed by atoms with Crippen molar-refractivity contribution in [1.82, 2.24) is 15.5 Å². The molecule has 0 aliphatic heterocycles. The number of hydrogen-bond donors (Lipinski definition) is 2. The molecule has 1 amide bonds. The third-order valence-electron chi connectivity index (χ3n) is 4.04. The number of nitrogens with one attached hydrogen (secondary N) is 2. The lowest BCUT2D eigenvalue weighted by molar-refractivity contribution is 0.0940. The molecule has 0 saturated heterocycles. The predicted molar refractivity (Wildman–Crippen MR) is 97.5 cm³/mol. The maximum atomic E-state index is 14.0. The summed E-state index contributed by atoms with van der Waals surface area (Å²) in [7, 11) is 0. The molecule has 134 valence electrons. The minimum absolute atomic E-state index is 0.244. The van der Waals surface area contributed by atoms with E-state index in [0.29, 0.717) is 23.4 Å². The zero-order valence-electron chi connectivity index (χ0n) is 14.6. The lowest BCUT2D eigenvalue weighted by atomic mass is 10.1. The highest BCUT2D eigenvalue weighted by atomic mass is 19.1. The van der Waals surface area contributed by atoms with Gasteiger partial charge in [0.1, 0.15) is 11.6 Å². The van der Waals surface area contributed by atoms with Crippen LogP contribution in [0, 0.1) is 5.82 Å². The van der Waals surface area contributed by atoms with Crippen molar-refractivity contribution in [3.63, 3.8) is 0 Å². The quantitative estimate of drug-likeness (QED) is 0.701. The molecule has 26 heavy (non-hydrogen) atoms. The summed E-state index contributed by atoms with van der Waals surface area (Å²) in [5, 5.41) is 9.54. The molecule has 1 atom stereocenters. The summed E-state index contributed by atoms with van der Waals surface area (Å²) in [4.78, 5) is 12.7.